The lowest BCUT2D eigenvalue weighted by Gasteiger charge is -2.21. The molecular weight excluding hydrogens is 334 g/mol. The monoisotopic (exact) mass is 357 g/mol. The fourth-order valence-corrected chi connectivity index (χ4v) is 3.61. The van der Waals surface area contributed by atoms with Crippen LogP contribution in [0, 0.1) is 0 Å². The molecule has 6 heteroatoms. The van der Waals surface area contributed by atoms with Crippen LogP contribution in [0.1, 0.15) is 35.5 Å². The summed E-state index contributed by atoms with van der Waals surface area (Å²) in [4.78, 5) is 27.5. The van der Waals surface area contributed by atoms with E-state index in [1.165, 1.54) is 4.88 Å². The molecule has 0 bridgehead atoms. The first-order valence-corrected chi connectivity index (χ1v) is 9.37. The molecule has 1 aliphatic rings. The van der Waals surface area contributed by atoms with Gasteiger partial charge < -0.3 is 15.5 Å². The van der Waals surface area contributed by atoms with E-state index in [2.05, 4.69) is 16.7 Å². The second-order valence-electron chi connectivity index (χ2n) is 6.53. The van der Waals surface area contributed by atoms with Gasteiger partial charge in [0.1, 0.15) is 0 Å². The van der Waals surface area contributed by atoms with Gasteiger partial charge in [0.25, 0.3) is 5.91 Å². The third kappa shape index (κ3) is 4.39. The molecule has 0 radical (unpaired) electrons. The number of nitrogens with one attached hydrogen (secondary N) is 2. The van der Waals surface area contributed by atoms with Gasteiger partial charge in [-0.25, -0.2) is 0 Å². The minimum absolute atomic E-state index is 0.103. The number of amides is 2. The molecule has 1 saturated heterocycles. The van der Waals surface area contributed by atoms with Crippen molar-refractivity contribution < 1.29 is 9.59 Å². The minimum Gasteiger partial charge on any atom is -0.380 e. The normalized spacial score (nSPS) is 17.2. The smallest absolute Gasteiger partial charge is 0.251 e. The van der Waals surface area contributed by atoms with E-state index in [0.717, 1.165) is 12.2 Å². The third-order valence-corrected chi connectivity index (χ3v) is 5.17. The SMILES string of the molecule is CC(C)N1CC(NC(=O)c2cccc(NCc3cccs3)c2)CC1=O. The average Bonchev–Trinajstić information content (AvgIpc) is 3.23. The van der Waals surface area contributed by atoms with Gasteiger partial charge >= 0.3 is 0 Å². The van der Waals surface area contributed by atoms with Crippen LogP contribution in [0.4, 0.5) is 5.69 Å². The van der Waals surface area contributed by atoms with Gasteiger partial charge in [-0.1, -0.05) is 12.1 Å². The highest BCUT2D eigenvalue weighted by Gasteiger charge is 2.32. The molecule has 3 rings (SSSR count). The second kappa shape index (κ2) is 7.70. The number of likely N-dealkylation sites (tertiary alicyclic amines) is 1. The van der Waals surface area contributed by atoms with Gasteiger partial charge in [-0.3, -0.25) is 9.59 Å². The van der Waals surface area contributed by atoms with Gasteiger partial charge in [0.2, 0.25) is 5.91 Å². The molecule has 2 heterocycles. The van der Waals surface area contributed by atoms with Gasteiger partial charge in [-0.2, -0.15) is 0 Å². The summed E-state index contributed by atoms with van der Waals surface area (Å²) in [6.45, 7) is 5.30. The molecule has 2 aromatic rings. The van der Waals surface area contributed by atoms with Crippen LogP contribution in [0.3, 0.4) is 0 Å². The van der Waals surface area contributed by atoms with Crippen LogP contribution in [-0.4, -0.2) is 35.3 Å². The van der Waals surface area contributed by atoms with Crippen LogP contribution in [0.15, 0.2) is 41.8 Å². The Kier molecular flexibility index (Phi) is 5.38. The zero-order chi connectivity index (χ0) is 17.8. The first-order chi connectivity index (χ1) is 12.0. The molecule has 2 N–H and O–H groups in total. The topological polar surface area (TPSA) is 61.4 Å². The average molecular weight is 357 g/mol. The van der Waals surface area contributed by atoms with Gasteiger partial charge in [0.05, 0.1) is 6.04 Å². The number of rotatable bonds is 6. The summed E-state index contributed by atoms with van der Waals surface area (Å²) < 4.78 is 0. The Bertz CT molecular complexity index is 743. The highest BCUT2D eigenvalue weighted by Crippen LogP contribution is 2.17. The molecule has 0 saturated carbocycles. The van der Waals surface area contributed by atoms with Crippen molar-refractivity contribution in [1.82, 2.24) is 10.2 Å². The number of carbonyl (C=O) groups is 2. The number of thiophene rings is 1. The molecule has 1 aromatic carbocycles. The van der Waals surface area contributed by atoms with Crippen molar-refractivity contribution in [3.05, 3.63) is 52.2 Å². The first-order valence-electron chi connectivity index (χ1n) is 8.49. The van der Waals surface area contributed by atoms with E-state index in [1.54, 1.807) is 17.4 Å². The largest absolute Gasteiger partial charge is 0.380 e. The van der Waals surface area contributed by atoms with Gasteiger partial charge in [-0.15, -0.1) is 11.3 Å². The van der Waals surface area contributed by atoms with Crippen molar-refractivity contribution in [3.63, 3.8) is 0 Å². The summed E-state index contributed by atoms with van der Waals surface area (Å²) in [5, 5.41) is 8.36. The summed E-state index contributed by atoms with van der Waals surface area (Å²) >= 11 is 1.70. The van der Waals surface area contributed by atoms with Crippen molar-refractivity contribution in [2.24, 2.45) is 0 Å². The molecule has 0 aliphatic carbocycles. The molecule has 132 valence electrons. The Morgan fingerprint density at radius 3 is 2.84 bits per heavy atom. The number of hydrogen-bond acceptors (Lipinski definition) is 4. The summed E-state index contributed by atoms with van der Waals surface area (Å²) in [5.74, 6) is -0.0326. The predicted molar refractivity (Wildman–Crippen MR) is 101 cm³/mol. The number of benzene rings is 1. The lowest BCUT2D eigenvalue weighted by Crippen LogP contribution is -2.38. The van der Waals surface area contributed by atoms with E-state index in [1.807, 2.05) is 48.4 Å². The van der Waals surface area contributed by atoms with Crippen molar-refractivity contribution in [2.75, 3.05) is 11.9 Å². The Hall–Kier alpha value is -2.34. The molecule has 1 fully saturated rings. The number of carbonyl (C=O) groups excluding carboxylic acids is 2. The summed E-state index contributed by atoms with van der Waals surface area (Å²) in [6, 6.07) is 11.6. The van der Waals surface area contributed by atoms with E-state index in [0.29, 0.717) is 18.5 Å². The quantitative estimate of drug-likeness (QED) is 0.835. The highest BCUT2D eigenvalue weighted by atomic mass is 32.1. The maximum atomic E-state index is 12.5. The Labute approximate surface area is 152 Å². The molecule has 1 atom stereocenters. The highest BCUT2D eigenvalue weighted by molar-refractivity contribution is 7.09. The van der Waals surface area contributed by atoms with Crippen LogP contribution in [0.25, 0.3) is 0 Å². The standard InChI is InChI=1S/C19H23N3O2S/c1-13(2)22-12-16(10-18(22)23)21-19(24)14-5-3-6-15(9-14)20-11-17-7-4-8-25-17/h3-9,13,16,20H,10-12H2,1-2H3,(H,21,24). The number of hydrogen-bond donors (Lipinski definition) is 2. The van der Waals surface area contributed by atoms with E-state index in [-0.39, 0.29) is 23.9 Å². The van der Waals surface area contributed by atoms with Gasteiger partial charge in [-0.05, 0) is 43.5 Å². The predicted octanol–water partition coefficient (Wildman–Crippen LogP) is 3.10. The Morgan fingerprint density at radius 2 is 2.16 bits per heavy atom. The fourth-order valence-electron chi connectivity index (χ4n) is 2.97. The molecule has 25 heavy (non-hydrogen) atoms. The summed E-state index contributed by atoms with van der Waals surface area (Å²) in [6.07, 6.45) is 0.375. The third-order valence-electron chi connectivity index (χ3n) is 4.29. The van der Waals surface area contributed by atoms with Gasteiger partial charge in [0, 0.05) is 41.7 Å². The first kappa shape index (κ1) is 17.5. The summed E-state index contributed by atoms with van der Waals surface area (Å²) in [7, 11) is 0. The molecule has 1 aliphatic heterocycles. The van der Waals surface area contributed by atoms with Crippen LogP contribution in [-0.2, 0) is 11.3 Å². The second-order valence-corrected chi connectivity index (χ2v) is 7.56. The Morgan fingerprint density at radius 1 is 1.32 bits per heavy atom. The molecule has 5 nitrogen and oxygen atoms in total. The van der Waals surface area contributed by atoms with Crippen molar-refractivity contribution in [3.8, 4) is 0 Å². The Balaban J connectivity index is 1.59. The van der Waals surface area contributed by atoms with E-state index in [9.17, 15) is 9.59 Å². The minimum atomic E-state index is -0.136. The molecule has 1 aromatic heterocycles. The van der Waals surface area contributed by atoms with E-state index in [4.69, 9.17) is 0 Å². The molecular formula is C19H23N3O2S. The molecule has 1 unspecified atom stereocenters. The van der Waals surface area contributed by atoms with E-state index < -0.39 is 0 Å². The fraction of sp³-hybridized carbons (Fsp3) is 0.368. The van der Waals surface area contributed by atoms with Crippen LogP contribution in [0.2, 0.25) is 0 Å². The van der Waals surface area contributed by atoms with Gasteiger partial charge in [0.15, 0.2) is 0 Å². The van der Waals surface area contributed by atoms with Crippen molar-refractivity contribution >= 4 is 28.8 Å². The van der Waals surface area contributed by atoms with Crippen LogP contribution >= 0.6 is 11.3 Å². The number of anilines is 1. The lowest BCUT2D eigenvalue weighted by molar-refractivity contribution is -0.129. The molecule has 2 amide bonds. The number of nitrogens with zero attached hydrogens (tertiary/aromatic N) is 1. The maximum absolute atomic E-state index is 12.5. The van der Waals surface area contributed by atoms with Crippen molar-refractivity contribution in [2.45, 2.75) is 38.9 Å². The van der Waals surface area contributed by atoms with Crippen LogP contribution < -0.4 is 10.6 Å². The zero-order valence-electron chi connectivity index (χ0n) is 14.5. The zero-order valence-corrected chi connectivity index (χ0v) is 15.3. The lowest BCUT2D eigenvalue weighted by atomic mass is 10.1. The molecule has 0 spiro atoms. The van der Waals surface area contributed by atoms with E-state index >= 15 is 0 Å². The summed E-state index contributed by atoms with van der Waals surface area (Å²) in [5.41, 5.74) is 1.51. The maximum Gasteiger partial charge on any atom is 0.251 e. The van der Waals surface area contributed by atoms with Crippen LogP contribution in [0.5, 0.6) is 0 Å². The van der Waals surface area contributed by atoms with Crippen molar-refractivity contribution in [1.29, 1.82) is 0 Å².